The quantitative estimate of drug-likeness (QED) is 0.924. The third-order valence-electron chi connectivity index (χ3n) is 4.86. The van der Waals surface area contributed by atoms with Crippen molar-refractivity contribution in [3.8, 4) is 0 Å². The van der Waals surface area contributed by atoms with Crippen LogP contribution in [0.3, 0.4) is 0 Å². The van der Waals surface area contributed by atoms with Crippen molar-refractivity contribution in [1.29, 1.82) is 0 Å². The zero-order valence-corrected chi connectivity index (χ0v) is 14.0. The van der Waals surface area contributed by atoms with Gasteiger partial charge in [-0.15, -0.1) is 11.3 Å². The molecule has 6 heteroatoms. The lowest BCUT2D eigenvalue weighted by molar-refractivity contribution is -0.134. The number of hydrogen-bond donors (Lipinski definition) is 1. The van der Waals surface area contributed by atoms with Crippen LogP contribution < -0.4 is 5.73 Å². The van der Waals surface area contributed by atoms with Gasteiger partial charge in [0.25, 0.3) is 0 Å². The molecule has 0 spiro atoms. The fourth-order valence-electron chi connectivity index (χ4n) is 3.54. The number of rotatable bonds is 4. The molecule has 122 valence electrons. The van der Waals surface area contributed by atoms with E-state index in [-0.39, 0.29) is 0 Å². The lowest BCUT2D eigenvalue weighted by atomic mass is 9.86. The number of carbonyl (C=O) groups is 1. The number of hydrogen-bond acceptors (Lipinski definition) is 5. The van der Waals surface area contributed by atoms with Gasteiger partial charge in [0.2, 0.25) is 5.91 Å². The first-order valence-corrected chi connectivity index (χ1v) is 9.22. The van der Waals surface area contributed by atoms with E-state index >= 15 is 0 Å². The van der Waals surface area contributed by atoms with Crippen LogP contribution in [0.15, 0.2) is 6.20 Å². The lowest BCUT2D eigenvalue weighted by Gasteiger charge is -2.35. The Bertz CT molecular complexity index is 490. The summed E-state index contributed by atoms with van der Waals surface area (Å²) in [4.78, 5) is 22.2. The Kier molecular flexibility index (Phi) is 5.31. The highest BCUT2D eigenvalue weighted by Crippen LogP contribution is 2.27. The van der Waals surface area contributed by atoms with Gasteiger partial charge in [0.15, 0.2) is 5.13 Å². The number of amides is 1. The Morgan fingerprint density at radius 2 is 1.95 bits per heavy atom. The van der Waals surface area contributed by atoms with Gasteiger partial charge >= 0.3 is 0 Å². The van der Waals surface area contributed by atoms with Crippen LogP contribution in [0.4, 0.5) is 5.13 Å². The maximum Gasteiger partial charge on any atom is 0.222 e. The molecule has 1 aromatic heterocycles. The predicted molar refractivity (Wildman–Crippen MR) is 89.6 cm³/mol. The van der Waals surface area contributed by atoms with E-state index in [1.54, 1.807) is 11.3 Å². The summed E-state index contributed by atoms with van der Waals surface area (Å²) in [5, 5.41) is 0.635. The zero-order valence-electron chi connectivity index (χ0n) is 13.2. The van der Waals surface area contributed by atoms with Gasteiger partial charge in [0.05, 0.1) is 0 Å². The van der Waals surface area contributed by atoms with Crippen LogP contribution in [0.1, 0.15) is 43.4 Å². The molecule has 1 saturated carbocycles. The molecule has 1 aliphatic heterocycles. The smallest absolute Gasteiger partial charge is 0.222 e. The SMILES string of the molecule is Nc1ncc(CN2CCN(C(=O)CC3CCCCC3)CC2)s1. The molecule has 2 heterocycles. The first-order chi connectivity index (χ1) is 10.7. The van der Waals surface area contributed by atoms with E-state index in [4.69, 9.17) is 5.73 Å². The summed E-state index contributed by atoms with van der Waals surface area (Å²) in [6.45, 7) is 4.53. The van der Waals surface area contributed by atoms with Crippen molar-refractivity contribution in [2.75, 3.05) is 31.9 Å². The first kappa shape index (κ1) is 15.7. The Morgan fingerprint density at radius 3 is 2.59 bits per heavy atom. The molecule has 2 N–H and O–H groups in total. The number of nitrogens with two attached hydrogens (primary N) is 1. The fourth-order valence-corrected chi connectivity index (χ4v) is 4.27. The van der Waals surface area contributed by atoms with Crippen molar-refractivity contribution in [2.24, 2.45) is 5.92 Å². The molecule has 5 nitrogen and oxygen atoms in total. The van der Waals surface area contributed by atoms with Crippen molar-refractivity contribution >= 4 is 22.4 Å². The topological polar surface area (TPSA) is 62.5 Å². The Hall–Kier alpha value is -1.14. The minimum atomic E-state index is 0.369. The van der Waals surface area contributed by atoms with Crippen LogP contribution in [0.5, 0.6) is 0 Å². The van der Waals surface area contributed by atoms with Crippen LogP contribution in [-0.4, -0.2) is 46.9 Å². The summed E-state index contributed by atoms with van der Waals surface area (Å²) < 4.78 is 0. The molecular weight excluding hydrogens is 296 g/mol. The molecule has 1 aliphatic carbocycles. The molecule has 0 bridgehead atoms. The van der Waals surface area contributed by atoms with Crippen molar-refractivity contribution in [3.05, 3.63) is 11.1 Å². The van der Waals surface area contributed by atoms with Gasteiger partial charge in [-0.3, -0.25) is 9.69 Å². The number of anilines is 1. The summed E-state index contributed by atoms with van der Waals surface area (Å²) in [6.07, 6.45) is 9.10. The number of aromatic nitrogens is 1. The number of nitrogens with zero attached hydrogens (tertiary/aromatic N) is 3. The largest absolute Gasteiger partial charge is 0.375 e. The monoisotopic (exact) mass is 322 g/mol. The highest BCUT2D eigenvalue weighted by molar-refractivity contribution is 7.15. The van der Waals surface area contributed by atoms with E-state index in [1.807, 2.05) is 6.20 Å². The van der Waals surface area contributed by atoms with Crippen molar-refractivity contribution < 1.29 is 4.79 Å². The van der Waals surface area contributed by atoms with E-state index in [0.29, 0.717) is 17.0 Å². The van der Waals surface area contributed by atoms with Crippen LogP contribution in [0.25, 0.3) is 0 Å². The molecule has 22 heavy (non-hydrogen) atoms. The van der Waals surface area contributed by atoms with E-state index in [0.717, 1.165) is 39.1 Å². The fraction of sp³-hybridized carbons (Fsp3) is 0.750. The maximum absolute atomic E-state index is 12.4. The second kappa shape index (κ2) is 7.42. The van der Waals surface area contributed by atoms with E-state index in [2.05, 4.69) is 14.8 Å². The average molecular weight is 322 g/mol. The number of carbonyl (C=O) groups excluding carboxylic acids is 1. The molecule has 0 aromatic carbocycles. The number of thiazole rings is 1. The Labute approximate surface area is 136 Å². The summed E-state index contributed by atoms with van der Waals surface area (Å²) >= 11 is 1.56. The molecule has 0 radical (unpaired) electrons. The summed E-state index contributed by atoms with van der Waals surface area (Å²) in [7, 11) is 0. The number of nitrogen functional groups attached to an aromatic ring is 1. The molecule has 1 amide bonds. The minimum absolute atomic E-state index is 0.369. The van der Waals surface area contributed by atoms with Crippen LogP contribution in [-0.2, 0) is 11.3 Å². The van der Waals surface area contributed by atoms with Crippen molar-refractivity contribution in [2.45, 2.75) is 45.1 Å². The average Bonchev–Trinajstić information content (AvgIpc) is 2.94. The first-order valence-electron chi connectivity index (χ1n) is 8.41. The Balaban J connectivity index is 1.41. The molecule has 0 atom stereocenters. The third-order valence-corrected chi connectivity index (χ3v) is 5.68. The predicted octanol–water partition coefficient (Wildman–Crippen LogP) is 2.34. The van der Waals surface area contributed by atoms with E-state index < -0.39 is 0 Å². The van der Waals surface area contributed by atoms with Gasteiger partial charge < -0.3 is 10.6 Å². The van der Waals surface area contributed by atoms with Crippen molar-refractivity contribution in [1.82, 2.24) is 14.8 Å². The normalized spacial score (nSPS) is 21.2. The summed E-state index contributed by atoms with van der Waals surface area (Å²) in [6, 6.07) is 0. The molecular formula is C16H26N4OS. The molecule has 1 saturated heterocycles. The van der Waals surface area contributed by atoms with Crippen LogP contribution in [0, 0.1) is 5.92 Å². The van der Waals surface area contributed by atoms with E-state index in [1.165, 1.54) is 37.0 Å². The highest BCUT2D eigenvalue weighted by atomic mass is 32.1. The highest BCUT2D eigenvalue weighted by Gasteiger charge is 2.24. The Morgan fingerprint density at radius 1 is 1.23 bits per heavy atom. The van der Waals surface area contributed by atoms with Crippen LogP contribution in [0.2, 0.25) is 0 Å². The van der Waals surface area contributed by atoms with E-state index in [9.17, 15) is 4.79 Å². The van der Waals surface area contributed by atoms with Gasteiger partial charge in [-0.2, -0.15) is 0 Å². The van der Waals surface area contributed by atoms with Gasteiger partial charge in [0, 0.05) is 50.2 Å². The standard InChI is InChI=1S/C16H26N4OS/c17-16-18-11-14(22-16)12-19-6-8-20(9-7-19)15(21)10-13-4-2-1-3-5-13/h11,13H,1-10,12H2,(H2,17,18). The lowest BCUT2D eigenvalue weighted by Crippen LogP contribution is -2.48. The molecule has 1 aromatic rings. The second-order valence-corrected chi connectivity index (χ2v) is 7.68. The van der Waals surface area contributed by atoms with Gasteiger partial charge in [-0.05, 0) is 18.8 Å². The second-order valence-electron chi connectivity index (χ2n) is 6.53. The van der Waals surface area contributed by atoms with Gasteiger partial charge in [-0.25, -0.2) is 4.98 Å². The minimum Gasteiger partial charge on any atom is -0.375 e. The molecule has 2 aliphatic rings. The molecule has 0 unspecified atom stereocenters. The summed E-state index contributed by atoms with van der Waals surface area (Å²) in [5.74, 6) is 1.01. The van der Waals surface area contributed by atoms with Gasteiger partial charge in [0.1, 0.15) is 0 Å². The number of piperazine rings is 1. The zero-order chi connectivity index (χ0) is 15.4. The van der Waals surface area contributed by atoms with Crippen LogP contribution >= 0.6 is 11.3 Å². The molecule has 2 fully saturated rings. The van der Waals surface area contributed by atoms with Crippen molar-refractivity contribution in [3.63, 3.8) is 0 Å². The van der Waals surface area contributed by atoms with Gasteiger partial charge in [-0.1, -0.05) is 19.3 Å². The maximum atomic E-state index is 12.4. The summed E-state index contributed by atoms with van der Waals surface area (Å²) in [5.41, 5.74) is 5.67. The third kappa shape index (κ3) is 4.20. The molecule has 3 rings (SSSR count).